The van der Waals surface area contributed by atoms with Crippen LogP contribution in [0.3, 0.4) is 0 Å². The largest absolute Gasteiger partial charge is 0.543 e. The fraction of sp³-hybridized carbons (Fsp3) is 0.667. The Labute approximate surface area is 43.3 Å². The third-order valence-electron chi connectivity index (χ3n) is 0.480. The van der Waals surface area contributed by atoms with E-state index < -0.39 is 5.97 Å². The molecule has 0 aliphatic heterocycles. The molecule has 2 N–H and O–H groups in total. The van der Waals surface area contributed by atoms with Gasteiger partial charge in [0.1, 0.15) is 0 Å². The molecule has 38 valence electrons. The van der Waals surface area contributed by atoms with Crippen LogP contribution in [-0.4, -0.2) is 20.6 Å². The number of hydrogen-bond donors (Lipinski definition) is 1. The van der Waals surface area contributed by atoms with Crippen molar-refractivity contribution in [3.05, 3.63) is 0 Å². The van der Waals surface area contributed by atoms with Gasteiger partial charge < -0.3 is 10.4 Å². The van der Waals surface area contributed by atoms with Crippen LogP contribution < -0.4 is 5.73 Å². The zero-order valence-corrected chi connectivity index (χ0v) is 3.89. The SMILES string of the molecule is [B]OC(=O)CCN. The summed E-state index contributed by atoms with van der Waals surface area (Å²) in [6, 6.07) is 0. The maximum atomic E-state index is 9.98. The zero-order valence-electron chi connectivity index (χ0n) is 3.89. The van der Waals surface area contributed by atoms with Crippen LogP contribution in [0, 0.1) is 0 Å². The molecular weight excluding hydrogens is 92.9 g/mol. The second-order valence-electron chi connectivity index (χ2n) is 1.03. The van der Waals surface area contributed by atoms with Crippen LogP contribution in [0.1, 0.15) is 6.42 Å². The Morgan fingerprint density at radius 3 is 2.57 bits per heavy atom. The maximum absolute atomic E-state index is 9.98. The molecule has 0 rings (SSSR count). The Morgan fingerprint density at radius 2 is 2.43 bits per heavy atom. The third kappa shape index (κ3) is 3.32. The van der Waals surface area contributed by atoms with E-state index in [1.807, 2.05) is 0 Å². The Bertz CT molecular complexity index is 66.0. The summed E-state index contributed by atoms with van der Waals surface area (Å²) in [7, 11) is 4.45. The lowest BCUT2D eigenvalue weighted by atomic mass is 10.4. The third-order valence-corrected chi connectivity index (χ3v) is 0.480. The van der Waals surface area contributed by atoms with Gasteiger partial charge in [0, 0.05) is 6.54 Å². The summed E-state index contributed by atoms with van der Waals surface area (Å²) < 4.78 is 3.77. The van der Waals surface area contributed by atoms with Crippen LogP contribution in [0.25, 0.3) is 0 Å². The van der Waals surface area contributed by atoms with Crippen molar-refractivity contribution in [3.63, 3.8) is 0 Å². The van der Waals surface area contributed by atoms with Crippen LogP contribution in [0.15, 0.2) is 0 Å². The number of carbonyl (C=O) groups excluding carboxylic acids is 1. The summed E-state index contributed by atoms with van der Waals surface area (Å²) in [6.07, 6.45) is 0.191. The predicted molar refractivity (Wildman–Crippen MR) is 25.5 cm³/mol. The lowest BCUT2D eigenvalue weighted by Gasteiger charge is -1.92. The van der Waals surface area contributed by atoms with Gasteiger partial charge in [0.2, 0.25) is 0 Å². The topological polar surface area (TPSA) is 52.3 Å². The molecule has 0 saturated heterocycles. The molecule has 0 bridgehead atoms. The van der Waals surface area contributed by atoms with E-state index in [2.05, 4.69) is 12.7 Å². The first-order valence-electron chi connectivity index (χ1n) is 1.91. The summed E-state index contributed by atoms with van der Waals surface area (Å²) >= 11 is 0. The van der Waals surface area contributed by atoms with E-state index in [4.69, 9.17) is 5.73 Å². The van der Waals surface area contributed by atoms with E-state index in [9.17, 15) is 4.79 Å². The second-order valence-corrected chi connectivity index (χ2v) is 1.03. The number of rotatable bonds is 2. The summed E-state index contributed by atoms with van der Waals surface area (Å²) in [5, 5.41) is 0. The van der Waals surface area contributed by atoms with Crippen LogP contribution in [0.5, 0.6) is 0 Å². The van der Waals surface area contributed by atoms with Crippen molar-refractivity contribution < 1.29 is 9.45 Å². The predicted octanol–water partition coefficient (Wildman–Crippen LogP) is -1.04. The summed E-state index contributed by atoms with van der Waals surface area (Å²) in [4.78, 5) is 9.98. The fourth-order valence-corrected chi connectivity index (χ4v) is 0.177. The van der Waals surface area contributed by atoms with E-state index in [1.165, 1.54) is 0 Å². The van der Waals surface area contributed by atoms with Crippen LogP contribution in [0.4, 0.5) is 0 Å². The summed E-state index contributed by atoms with van der Waals surface area (Å²) in [5.41, 5.74) is 4.95. The summed E-state index contributed by atoms with van der Waals surface area (Å²) in [5.74, 6) is -0.470. The van der Waals surface area contributed by atoms with Gasteiger partial charge in [0.25, 0.3) is 5.97 Å². The van der Waals surface area contributed by atoms with Gasteiger partial charge in [-0.3, -0.25) is 4.79 Å². The maximum Gasteiger partial charge on any atom is 0.378 e. The first-order valence-corrected chi connectivity index (χ1v) is 1.91. The molecule has 0 aromatic heterocycles. The Balaban J connectivity index is 3.00. The van der Waals surface area contributed by atoms with Gasteiger partial charge in [-0.15, -0.1) is 0 Å². The minimum absolute atomic E-state index is 0.191. The number of nitrogens with two attached hydrogens (primary N) is 1. The monoisotopic (exact) mass is 99.0 g/mol. The molecule has 0 saturated carbocycles. The van der Waals surface area contributed by atoms with Crippen LogP contribution in [0.2, 0.25) is 0 Å². The van der Waals surface area contributed by atoms with Gasteiger partial charge in [-0.1, -0.05) is 0 Å². The molecule has 0 aromatic carbocycles. The first kappa shape index (κ1) is 6.49. The van der Waals surface area contributed by atoms with Gasteiger partial charge in [-0.2, -0.15) is 0 Å². The molecule has 0 amide bonds. The fourth-order valence-electron chi connectivity index (χ4n) is 0.177. The minimum atomic E-state index is -0.470. The number of carbonyl (C=O) groups is 1. The highest BCUT2D eigenvalue weighted by molar-refractivity contribution is 6.05. The molecule has 0 spiro atoms. The van der Waals surface area contributed by atoms with Crippen molar-refractivity contribution in [2.75, 3.05) is 6.54 Å². The van der Waals surface area contributed by atoms with E-state index in [0.29, 0.717) is 0 Å². The highest BCUT2D eigenvalue weighted by Gasteiger charge is 1.92. The minimum Gasteiger partial charge on any atom is -0.543 e. The highest BCUT2D eigenvalue weighted by atomic mass is 16.5. The first-order chi connectivity index (χ1) is 3.31. The van der Waals surface area contributed by atoms with E-state index in [1.54, 1.807) is 0 Å². The van der Waals surface area contributed by atoms with Crippen molar-refractivity contribution in [2.24, 2.45) is 5.73 Å². The number of hydrogen-bond acceptors (Lipinski definition) is 3. The molecule has 0 atom stereocenters. The Hall–Kier alpha value is -0.505. The van der Waals surface area contributed by atoms with Gasteiger partial charge in [0.05, 0.1) is 6.42 Å². The average molecular weight is 98.9 g/mol. The van der Waals surface area contributed by atoms with E-state index >= 15 is 0 Å². The average Bonchev–Trinajstić information content (AvgIpc) is 1.68. The normalized spacial score (nSPS) is 8.14. The molecule has 0 unspecified atom stereocenters. The molecule has 3 nitrogen and oxygen atoms in total. The smallest absolute Gasteiger partial charge is 0.378 e. The molecule has 2 radical (unpaired) electrons. The molecule has 0 aromatic rings. The summed E-state index contributed by atoms with van der Waals surface area (Å²) in [6.45, 7) is 0.288. The quantitative estimate of drug-likeness (QED) is 0.450. The van der Waals surface area contributed by atoms with E-state index in [0.717, 1.165) is 0 Å². The van der Waals surface area contributed by atoms with Crippen molar-refractivity contribution in [2.45, 2.75) is 6.42 Å². The van der Waals surface area contributed by atoms with Crippen LogP contribution >= 0.6 is 0 Å². The molecule has 7 heavy (non-hydrogen) atoms. The molecular formula is C3H6BNO2. The van der Waals surface area contributed by atoms with Gasteiger partial charge >= 0.3 is 8.05 Å². The van der Waals surface area contributed by atoms with Crippen molar-refractivity contribution >= 4 is 14.0 Å². The molecule has 0 heterocycles. The lowest BCUT2D eigenvalue weighted by molar-refractivity contribution is -0.133. The lowest BCUT2D eigenvalue weighted by Crippen LogP contribution is -2.09. The Kier molecular flexibility index (Phi) is 3.41. The highest BCUT2D eigenvalue weighted by Crippen LogP contribution is 1.75. The van der Waals surface area contributed by atoms with Gasteiger partial charge in [-0.05, 0) is 0 Å². The molecule has 0 fully saturated rings. The molecule has 0 aliphatic rings. The molecule has 0 aliphatic carbocycles. The zero-order chi connectivity index (χ0) is 5.70. The van der Waals surface area contributed by atoms with Crippen LogP contribution in [-0.2, 0) is 9.45 Å². The van der Waals surface area contributed by atoms with Crippen molar-refractivity contribution in [3.8, 4) is 0 Å². The van der Waals surface area contributed by atoms with Crippen molar-refractivity contribution in [1.82, 2.24) is 0 Å². The molecule has 4 heteroatoms. The van der Waals surface area contributed by atoms with Gasteiger partial charge in [0.15, 0.2) is 0 Å². The second kappa shape index (κ2) is 3.68. The van der Waals surface area contributed by atoms with Gasteiger partial charge in [-0.25, -0.2) is 0 Å². The standard InChI is InChI=1S/C3H6BNO2/c4-7-3(6)1-2-5/h1-2,5H2. The van der Waals surface area contributed by atoms with Crippen molar-refractivity contribution in [1.29, 1.82) is 0 Å². The van der Waals surface area contributed by atoms with E-state index in [-0.39, 0.29) is 13.0 Å². The Morgan fingerprint density at radius 1 is 1.86 bits per heavy atom.